The van der Waals surface area contributed by atoms with E-state index in [1.54, 1.807) is 19.2 Å². The van der Waals surface area contributed by atoms with E-state index < -0.39 is 6.43 Å². The van der Waals surface area contributed by atoms with E-state index in [4.69, 9.17) is 4.74 Å². The Bertz CT molecular complexity index is 644. The summed E-state index contributed by atoms with van der Waals surface area (Å²) in [5.41, 5.74) is 2.43. The molecule has 6 heteroatoms. The van der Waals surface area contributed by atoms with Crippen LogP contribution in [0.4, 0.5) is 14.6 Å². The Morgan fingerprint density at radius 1 is 1.29 bits per heavy atom. The lowest BCUT2D eigenvalue weighted by atomic mass is 10.1. The maximum atomic E-state index is 12.8. The summed E-state index contributed by atoms with van der Waals surface area (Å²) in [6.07, 6.45) is -1.80. The van der Waals surface area contributed by atoms with E-state index in [-0.39, 0.29) is 5.56 Å². The van der Waals surface area contributed by atoms with Crippen molar-refractivity contribution in [2.75, 3.05) is 19.0 Å². The van der Waals surface area contributed by atoms with Crippen LogP contribution < -0.4 is 5.32 Å². The number of nitrogens with one attached hydrogen (secondary N) is 1. The van der Waals surface area contributed by atoms with Gasteiger partial charge in [0.25, 0.3) is 6.43 Å². The van der Waals surface area contributed by atoms with Crippen molar-refractivity contribution in [1.82, 2.24) is 9.97 Å². The summed E-state index contributed by atoms with van der Waals surface area (Å²) < 4.78 is 31.0. The van der Waals surface area contributed by atoms with Crippen LogP contribution in [0.5, 0.6) is 0 Å². The summed E-state index contributed by atoms with van der Waals surface area (Å²) >= 11 is 0. The summed E-state index contributed by atoms with van der Waals surface area (Å²) in [4.78, 5) is 8.94. The number of fused-ring (bicyclic) bond motifs is 1. The van der Waals surface area contributed by atoms with E-state index in [1.165, 1.54) is 12.1 Å². The van der Waals surface area contributed by atoms with Gasteiger partial charge in [-0.25, -0.2) is 18.7 Å². The molecule has 0 unspecified atom stereocenters. The Balaban J connectivity index is 2.08. The van der Waals surface area contributed by atoms with Gasteiger partial charge in [0.1, 0.15) is 5.82 Å². The van der Waals surface area contributed by atoms with Gasteiger partial charge >= 0.3 is 0 Å². The van der Waals surface area contributed by atoms with Gasteiger partial charge in [-0.2, -0.15) is 0 Å². The summed E-state index contributed by atoms with van der Waals surface area (Å²) in [6, 6.07) is 6.18. The normalized spacial score (nSPS) is 14.1. The molecule has 0 bridgehead atoms. The highest BCUT2D eigenvalue weighted by atomic mass is 19.3. The minimum Gasteiger partial charge on any atom is -0.376 e. The highest BCUT2D eigenvalue weighted by Gasteiger charge is 2.18. The fourth-order valence-corrected chi connectivity index (χ4v) is 2.38. The van der Waals surface area contributed by atoms with Crippen LogP contribution in [0.3, 0.4) is 0 Å². The third-order valence-electron chi connectivity index (χ3n) is 3.46. The van der Waals surface area contributed by atoms with Gasteiger partial charge in [-0.15, -0.1) is 0 Å². The Morgan fingerprint density at radius 2 is 2.14 bits per heavy atom. The van der Waals surface area contributed by atoms with Crippen molar-refractivity contribution < 1.29 is 13.5 Å². The first-order chi connectivity index (χ1) is 10.2. The first kappa shape index (κ1) is 13.9. The van der Waals surface area contributed by atoms with Gasteiger partial charge in [0.2, 0.25) is 0 Å². The number of alkyl halides is 2. The molecule has 0 saturated carbocycles. The zero-order valence-electron chi connectivity index (χ0n) is 11.6. The lowest BCUT2D eigenvalue weighted by Crippen LogP contribution is -2.16. The van der Waals surface area contributed by atoms with Crippen LogP contribution in [0, 0.1) is 0 Å². The van der Waals surface area contributed by atoms with Gasteiger partial charge in [0.15, 0.2) is 5.82 Å². The van der Waals surface area contributed by atoms with E-state index in [0.717, 1.165) is 11.3 Å². The second-order valence-corrected chi connectivity index (χ2v) is 4.80. The fourth-order valence-electron chi connectivity index (χ4n) is 2.38. The quantitative estimate of drug-likeness (QED) is 0.943. The maximum Gasteiger partial charge on any atom is 0.263 e. The number of hydrogen-bond donors (Lipinski definition) is 1. The molecule has 3 rings (SSSR count). The lowest BCUT2D eigenvalue weighted by molar-refractivity contribution is 0.109. The molecular weight excluding hydrogens is 276 g/mol. The summed E-state index contributed by atoms with van der Waals surface area (Å²) in [6.45, 7) is 1.09. The Hall–Kier alpha value is -2.08. The minimum atomic E-state index is -2.50. The third-order valence-corrected chi connectivity index (χ3v) is 3.46. The van der Waals surface area contributed by atoms with E-state index in [1.807, 2.05) is 0 Å². The number of anilines is 1. The predicted molar refractivity (Wildman–Crippen MR) is 75.3 cm³/mol. The number of benzene rings is 1. The molecule has 0 spiro atoms. The van der Waals surface area contributed by atoms with Crippen molar-refractivity contribution >= 4 is 5.82 Å². The molecule has 0 amide bonds. The van der Waals surface area contributed by atoms with Crippen LogP contribution in [0.1, 0.15) is 23.2 Å². The summed E-state index contributed by atoms with van der Waals surface area (Å²) in [5, 5.41) is 3.02. The highest BCUT2D eigenvalue weighted by molar-refractivity contribution is 5.61. The molecule has 21 heavy (non-hydrogen) atoms. The van der Waals surface area contributed by atoms with Crippen molar-refractivity contribution in [3.8, 4) is 11.4 Å². The van der Waals surface area contributed by atoms with E-state index >= 15 is 0 Å². The van der Waals surface area contributed by atoms with Crippen molar-refractivity contribution in [1.29, 1.82) is 0 Å². The summed E-state index contributed by atoms with van der Waals surface area (Å²) in [7, 11) is 1.77. The molecule has 1 aliphatic rings. The predicted octanol–water partition coefficient (Wildman–Crippen LogP) is 3.20. The number of hydrogen-bond acceptors (Lipinski definition) is 4. The molecule has 0 saturated heterocycles. The second-order valence-electron chi connectivity index (χ2n) is 4.80. The average molecular weight is 291 g/mol. The van der Waals surface area contributed by atoms with Gasteiger partial charge in [0.05, 0.1) is 18.9 Å². The molecule has 2 heterocycles. The second kappa shape index (κ2) is 5.73. The standard InChI is InChI=1S/C15H15F2N3O/c1-18-15-11-8-21-6-5-12(11)19-14(20-15)10-4-2-3-9(7-10)13(16)17/h2-4,7,13H,5-6,8H2,1H3,(H,18,19,20). The van der Waals surface area contributed by atoms with Crippen LogP contribution >= 0.6 is 0 Å². The molecule has 0 fully saturated rings. The van der Waals surface area contributed by atoms with Crippen molar-refractivity contribution in [3.05, 3.63) is 41.1 Å². The SMILES string of the molecule is CNc1nc(-c2cccc(C(F)F)c2)nc2c1COCC2. The van der Waals surface area contributed by atoms with Crippen LogP contribution in [0.25, 0.3) is 11.4 Å². The Morgan fingerprint density at radius 3 is 2.90 bits per heavy atom. The number of rotatable bonds is 3. The smallest absolute Gasteiger partial charge is 0.263 e. The topological polar surface area (TPSA) is 47.0 Å². The zero-order chi connectivity index (χ0) is 14.8. The van der Waals surface area contributed by atoms with E-state index in [9.17, 15) is 8.78 Å². The van der Waals surface area contributed by atoms with Crippen LogP contribution in [0.15, 0.2) is 24.3 Å². The van der Waals surface area contributed by atoms with Gasteiger partial charge in [0, 0.05) is 30.2 Å². The molecule has 0 radical (unpaired) electrons. The molecule has 110 valence electrons. The molecule has 1 aromatic carbocycles. The monoisotopic (exact) mass is 291 g/mol. The largest absolute Gasteiger partial charge is 0.376 e. The maximum absolute atomic E-state index is 12.8. The Kier molecular flexibility index (Phi) is 3.79. The van der Waals surface area contributed by atoms with Gasteiger partial charge in [-0.05, 0) is 6.07 Å². The minimum absolute atomic E-state index is 0.0249. The van der Waals surface area contributed by atoms with Crippen molar-refractivity contribution in [2.45, 2.75) is 19.5 Å². The first-order valence-electron chi connectivity index (χ1n) is 6.73. The number of aromatic nitrogens is 2. The van der Waals surface area contributed by atoms with Crippen LogP contribution in [0.2, 0.25) is 0 Å². The van der Waals surface area contributed by atoms with E-state index in [2.05, 4.69) is 15.3 Å². The van der Waals surface area contributed by atoms with Gasteiger partial charge in [-0.1, -0.05) is 18.2 Å². The summed E-state index contributed by atoms with van der Waals surface area (Å²) in [5.74, 6) is 1.15. The molecule has 2 aromatic rings. The Labute approximate surface area is 121 Å². The molecule has 4 nitrogen and oxygen atoms in total. The number of halogens is 2. The molecule has 0 aliphatic carbocycles. The molecule has 1 N–H and O–H groups in total. The fraction of sp³-hybridized carbons (Fsp3) is 0.333. The highest BCUT2D eigenvalue weighted by Crippen LogP contribution is 2.28. The zero-order valence-corrected chi connectivity index (χ0v) is 11.6. The molecule has 0 atom stereocenters. The van der Waals surface area contributed by atoms with Crippen LogP contribution in [-0.2, 0) is 17.8 Å². The third kappa shape index (κ3) is 2.71. The first-order valence-corrected chi connectivity index (χ1v) is 6.73. The van der Waals surface area contributed by atoms with Gasteiger partial charge in [-0.3, -0.25) is 0 Å². The number of ether oxygens (including phenoxy) is 1. The van der Waals surface area contributed by atoms with E-state index in [0.29, 0.717) is 36.8 Å². The molecule has 1 aromatic heterocycles. The van der Waals surface area contributed by atoms with Crippen molar-refractivity contribution in [3.63, 3.8) is 0 Å². The van der Waals surface area contributed by atoms with Gasteiger partial charge < -0.3 is 10.1 Å². The van der Waals surface area contributed by atoms with Crippen molar-refractivity contribution in [2.24, 2.45) is 0 Å². The molecular formula is C15H15F2N3O. The molecule has 1 aliphatic heterocycles. The average Bonchev–Trinajstić information content (AvgIpc) is 2.53. The number of nitrogens with zero attached hydrogens (tertiary/aromatic N) is 2. The lowest BCUT2D eigenvalue weighted by Gasteiger charge is -2.19. The van der Waals surface area contributed by atoms with Crippen LogP contribution in [-0.4, -0.2) is 23.6 Å².